The first-order chi connectivity index (χ1) is 12.0. The summed E-state index contributed by atoms with van der Waals surface area (Å²) in [4.78, 5) is 22.5. The second kappa shape index (κ2) is 7.51. The summed E-state index contributed by atoms with van der Waals surface area (Å²) in [5, 5.41) is 0. The maximum atomic E-state index is 11.3. The minimum absolute atomic E-state index is 0.0178. The Kier molecular flexibility index (Phi) is 5.36. The SMILES string of the molecule is CC(=O)OC[C@@]12COC(C[C@H](OC(C)=O)O1)[C@@H]2OCc1ccccc1. The molecule has 2 aliphatic rings. The summed E-state index contributed by atoms with van der Waals surface area (Å²) in [5.74, 6) is -0.853. The molecule has 0 aliphatic carbocycles. The number of ether oxygens (including phenoxy) is 5. The van der Waals surface area contributed by atoms with Gasteiger partial charge in [0.25, 0.3) is 0 Å². The number of fused-ring (bicyclic) bond motifs is 2. The molecule has 1 aromatic carbocycles. The first-order valence-corrected chi connectivity index (χ1v) is 8.24. The van der Waals surface area contributed by atoms with Gasteiger partial charge in [-0.25, -0.2) is 0 Å². The van der Waals surface area contributed by atoms with E-state index in [0.717, 1.165) is 5.56 Å². The monoisotopic (exact) mass is 350 g/mol. The maximum absolute atomic E-state index is 11.3. The van der Waals surface area contributed by atoms with Crippen LogP contribution in [0.1, 0.15) is 25.8 Å². The molecular formula is C18H22O7. The van der Waals surface area contributed by atoms with E-state index in [4.69, 9.17) is 23.7 Å². The van der Waals surface area contributed by atoms with Gasteiger partial charge in [-0.3, -0.25) is 9.59 Å². The molecule has 2 bridgehead atoms. The normalized spacial score (nSPS) is 30.7. The van der Waals surface area contributed by atoms with Crippen molar-refractivity contribution in [2.75, 3.05) is 13.2 Å². The Hall–Kier alpha value is -1.96. The lowest BCUT2D eigenvalue weighted by atomic mass is 9.92. The first-order valence-electron chi connectivity index (χ1n) is 8.24. The summed E-state index contributed by atoms with van der Waals surface area (Å²) in [6.07, 6.45) is -1.07. The van der Waals surface area contributed by atoms with Crippen LogP contribution in [0.3, 0.4) is 0 Å². The molecule has 0 saturated carbocycles. The van der Waals surface area contributed by atoms with Gasteiger partial charge in [0.15, 0.2) is 5.60 Å². The van der Waals surface area contributed by atoms with Gasteiger partial charge in [-0.1, -0.05) is 30.3 Å². The molecule has 0 amide bonds. The molecule has 3 rings (SSSR count). The van der Waals surface area contributed by atoms with Crippen molar-refractivity contribution in [3.63, 3.8) is 0 Å². The molecule has 25 heavy (non-hydrogen) atoms. The van der Waals surface area contributed by atoms with Gasteiger partial charge in [-0.05, 0) is 5.56 Å². The molecule has 7 nitrogen and oxygen atoms in total. The van der Waals surface area contributed by atoms with E-state index in [2.05, 4.69) is 0 Å². The second-order valence-corrected chi connectivity index (χ2v) is 6.30. The summed E-state index contributed by atoms with van der Waals surface area (Å²) < 4.78 is 28.2. The largest absolute Gasteiger partial charge is 0.463 e. The van der Waals surface area contributed by atoms with Crippen molar-refractivity contribution in [3.8, 4) is 0 Å². The van der Waals surface area contributed by atoms with Crippen molar-refractivity contribution < 1.29 is 33.3 Å². The summed E-state index contributed by atoms with van der Waals surface area (Å²) >= 11 is 0. The van der Waals surface area contributed by atoms with Crippen LogP contribution >= 0.6 is 0 Å². The molecule has 0 radical (unpaired) electrons. The Balaban J connectivity index is 1.73. The molecule has 0 spiro atoms. The van der Waals surface area contributed by atoms with Crippen molar-refractivity contribution in [2.45, 2.75) is 51.0 Å². The van der Waals surface area contributed by atoms with E-state index >= 15 is 0 Å². The number of hydrogen-bond acceptors (Lipinski definition) is 7. The molecule has 2 fully saturated rings. The molecule has 7 heteroatoms. The summed E-state index contributed by atoms with van der Waals surface area (Å²) in [5.41, 5.74) is 0.0374. The minimum Gasteiger partial charge on any atom is -0.463 e. The number of carbonyl (C=O) groups excluding carboxylic acids is 2. The van der Waals surface area contributed by atoms with E-state index in [1.54, 1.807) is 0 Å². The number of hydrogen-bond donors (Lipinski definition) is 0. The van der Waals surface area contributed by atoms with Crippen LogP contribution in [0.4, 0.5) is 0 Å². The van der Waals surface area contributed by atoms with E-state index in [9.17, 15) is 9.59 Å². The third-order valence-corrected chi connectivity index (χ3v) is 4.28. The molecule has 2 aliphatic heterocycles. The fourth-order valence-corrected chi connectivity index (χ4v) is 3.21. The van der Waals surface area contributed by atoms with Crippen LogP contribution in [0.25, 0.3) is 0 Å². The molecule has 0 aromatic heterocycles. The predicted molar refractivity (Wildman–Crippen MR) is 85.4 cm³/mol. The zero-order valence-corrected chi connectivity index (χ0v) is 14.3. The topological polar surface area (TPSA) is 80.3 Å². The van der Waals surface area contributed by atoms with Crippen molar-refractivity contribution in [3.05, 3.63) is 35.9 Å². The lowest BCUT2D eigenvalue weighted by molar-refractivity contribution is -0.267. The highest BCUT2D eigenvalue weighted by molar-refractivity contribution is 5.66. The first kappa shape index (κ1) is 17.8. The fourth-order valence-electron chi connectivity index (χ4n) is 3.21. The average Bonchev–Trinajstić information content (AvgIpc) is 2.78. The standard InChI is InChI=1S/C18H22O7/c1-12(19)22-10-18-11-23-15(8-16(25-18)24-13(2)20)17(18)21-9-14-6-4-3-5-7-14/h3-7,15-17H,8-11H2,1-2H3/t15?,16-,17+,18+/m1/s1. The van der Waals surface area contributed by atoms with Crippen molar-refractivity contribution in [1.29, 1.82) is 0 Å². The van der Waals surface area contributed by atoms with Gasteiger partial charge in [0.05, 0.1) is 19.3 Å². The third kappa shape index (κ3) is 4.18. The van der Waals surface area contributed by atoms with Gasteiger partial charge in [-0.15, -0.1) is 0 Å². The van der Waals surface area contributed by atoms with Crippen molar-refractivity contribution >= 4 is 11.9 Å². The third-order valence-electron chi connectivity index (χ3n) is 4.28. The van der Waals surface area contributed by atoms with Crippen LogP contribution in [0.15, 0.2) is 30.3 Å². The summed E-state index contributed by atoms with van der Waals surface area (Å²) in [6.45, 7) is 3.23. The summed E-state index contributed by atoms with van der Waals surface area (Å²) in [6, 6.07) is 9.74. The highest BCUT2D eigenvalue weighted by Gasteiger charge is 2.58. The quantitative estimate of drug-likeness (QED) is 0.721. The Morgan fingerprint density at radius 2 is 1.96 bits per heavy atom. The highest BCUT2D eigenvalue weighted by atomic mass is 16.7. The van der Waals surface area contributed by atoms with E-state index in [1.165, 1.54) is 13.8 Å². The van der Waals surface area contributed by atoms with Crippen molar-refractivity contribution in [1.82, 2.24) is 0 Å². The van der Waals surface area contributed by atoms with Crippen LogP contribution in [0.5, 0.6) is 0 Å². The second-order valence-electron chi connectivity index (χ2n) is 6.30. The van der Waals surface area contributed by atoms with E-state index in [0.29, 0.717) is 13.0 Å². The lowest BCUT2D eigenvalue weighted by Crippen LogP contribution is -2.58. The summed E-state index contributed by atoms with van der Waals surface area (Å²) in [7, 11) is 0. The maximum Gasteiger partial charge on any atom is 0.304 e. The van der Waals surface area contributed by atoms with E-state index in [1.807, 2.05) is 30.3 Å². The molecule has 136 valence electrons. The smallest absolute Gasteiger partial charge is 0.304 e. The van der Waals surface area contributed by atoms with Gasteiger partial charge in [0, 0.05) is 20.3 Å². The minimum atomic E-state index is -0.983. The Labute approximate surface area is 146 Å². The molecule has 1 aromatic rings. The molecule has 0 N–H and O–H groups in total. The highest BCUT2D eigenvalue weighted by Crippen LogP contribution is 2.40. The zero-order chi connectivity index (χ0) is 17.9. The molecule has 2 heterocycles. The average molecular weight is 350 g/mol. The Bertz CT molecular complexity index is 617. The molecule has 1 unspecified atom stereocenters. The molecule has 2 saturated heterocycles. The number of esters is 2. The lowest BCUT2D eigenvalue weighted by Gasteiger charge is -2.41. The number of rotatable bonds is 6. The van der Waals surface area contributed by atoms with Gasteiger partial charge >= 0.3 is 11.9 Å². The van der Waals surface area contributed by atoms with Crippen LogP contribution in [0, 0.1) is 0 Å². The fraction of sp³-hybridized carbons (Fsp3) is 0.556. The molecular weight excluding hydrogens is 328 g/mol. The van der Waals surface area contributed by atoms with Crippen LogP contribution in [-0.2, 0) is 39.9 Å². The van der Waals surface area contributed by atoms with E-state index < -0.39 is 29.9 Å². The van der Waals surface area contributed by atoms with Crippen LogP contribution in [0.2, 0.25) is 0 Å². The molecule has 4 atom stereocenters. The predicted octanol–water partition coefficient (Wildman–Crippen LogP) is 1.58. The Morgan fingerprint density at radius 1 is 1.20 bits per heavy atom. The van der Waals surface area contributed by atoms with Crippen LogP contribution in [-0.4, -0.2) is 49.3 Å². The van der Waals surface area contributed by atoms with Crippen molar-refractivity contribution in [2.24, 2.45) is 0 Å². The van der Waals surface area contributed by atoms with Gasteiger partial charge in [-0.2, -0.15) is 0 Å². The van der Waals surface area contributed by atoms with Crippen LogP contribution < -0.4 is 0 Å². The van der Waals surface area contributed by atoms with Gasteiger partial charge in [0.2, 0.25) is 6.29 Å². The van der Waals surface area contributed by atoms with Gasteiger partial charge in [0.1, 0.15) is 12.7 Å². The van der Waals surface area contributed by atoms with E-state index in [-0.39, 0.29) is 19.3 Å². The number of benzene rings is 1. The number of carbonyl (C=O) groups is 2. The zero-order valence-electron chi connectivity index (χ0n) is 14.3. The van der Waals surface area contributed by atoms with Gasteiger partial charge < -0.3 is 23.7 Å². The Morgan fingerprint density at radius 3 is 2.64 bits per heavy atom.